The summed E-state index contributed by atoms with van der Waals surface area (Å²) < 4.78 is 0. The van der Waals surface area contributed by atoms with Crippen LogP contribution in [0.15, 0.2) is 25.0 Å². The van der Waals surface area contributed by atoms with Crippen molar-refractivity contribution in [3.8, 4) is 0 Å². The first kappa shape index (κ1) is 17.9. The molecule has 4 rings (SSSR count). The van der Waals surface area contributed by atoms with Gasteiger partial charge in [-0.1, -0.05) is 6.58 Å². The van der Waals surface area contributed by atoms with E-state index in [9.17, 15) is 9.59 Å². The van der Waals surface area contributed by atoms with Gasteiger partial charge >= 0.3 is 0 Å². The zero-order valence-electron chi connectivity index (χ0n) is 14.7. The van der Waals surface area contributed by atoms with E-state index in [0.717, 1.165) is 38.8 Å². The molecule has 3 heterocycles. The van der Waals surface area contributed by atoms with Crippen LogP contribution in [-0.4, -0.2) is 50.8 Å². The molecule has 0 bridgehead atoms. The van der Waals surface area contributed by atoms with Gasteiger partial charge in [0.15, 0.2) is 5.65 Å². The summed E-state index contributed by atoms with van der Waals surface area (Å²) in [5, 5.41) is 2.90. The molecule has 0 atom stereocenters. The summed E-state index contributed by atoms with van der Waals surface area (Å²) in [4.78, 5) is 35.7. The van der Waals surface area contributed by atoms with Gasteiger partial charge < -0.3 is 20.9 Å². The third kappa shape index (κ3) is 4.38. The molecule has 0 radical (unpaired) electrons. The maximum atomic E-state index is 11.8. The Hall–Kier alpha value is -2.90. The quantitative estimate of drug-likeness (QED) is 0.723. The smallest absolute Gasteiger partial charge is 0.255 e. The molecule has 2 aliphatic rings. The molecule has 4 N–H and O–H groups in total. The van der Waals surface area contributed by atoms with Crippen LogP contribution in [0.25, 0.3) is 11.2 Å². The average Bonchev–Trinajstić information content (AvgIpc) is 3.38. The number of nitrogens with one attached hydrogen (secondary N) is 2. The number of nitrogens with two attached hydrogens (primary N) is 1. The van der Waals surface area contributed by atoms with Gasteiger partial charge in [0.2, 0.25) is 5.91 Å². The molecule has 8 nitrogen and oxygen atoms in total. The maximum absolute atomic E-state index is 11.8. The van der Waals surface area contributed by atoms with Crippen LogP contribution >= 0.6 is 0 Å². The normalized spacial score (nSPS) is 16.5. The van der Waals surface area contributed by atoms with E-state index in [1.807, 2.05) is 4.90 Å². The number of nitrogens with zero attached hydrogens (tertiary/aromatic N) is 3. The average molecular weight is 356 g/mol. The molecule has 1 aliphatic heterocycles. The molecule has 2 amide bonds. The summed E-state index contributed by atoms with van der Waals surface area (Å²) in [6, 6.07) is 0.325. The molecule has 138 valence electrons. The molecule has 26 heavy (non-hydrogen) atoms. The zero-order valence-corrected chi connectivity index (χ0v) is 14.7. The standard InChI is InChI=1S/C10H11N5O.C8H13NO/c11-7-4-13-9-8(15-7)6(3-12-9)10(16)14-5-1-2-5;1-2-8(10)9-6-4-3-5-7-9/h3-5H,1-2H2,(H2,11,15)(H,12,13)(H,14,16);2H,1,3-7H2. The number of hydrogen-bond acceptors (Lipinski definition) is 5. The number of hydrogen-bond donors (Lipinski definition) is 3. The van der Waals surface area contributed by atoms with Crippen LogP contribution in [-0.2, 0) is 4.79 Å². The van der Waals surface area contributed by atoms with E-state index >= 15 is 0 Å². The summed E-state index contributed by atoms with van der Waals surface area (Å²) in [6.07, 6.45) is 10.2. The molecule has 2 aromatic rings. The first-order chi connectivity index (χ1) is 12.6. The van der Waals surface area contributed by atoms with Crippen molar-refractivity contribution in [2.45, 2.75) is 38.1 Å². The molecule has 0 aromatic carbocycles. The molecular formula is C18H24N6O2. The van der Waals surface area contributed by atoms with Gasteiger partial charge in [0.1, 0.15) is 11.3 Å². The van der Waals surface area contributed by atoms with Crippen LogP contribution in [0, 0.1) is 0 Å². The number of aromatic nitrogens is 3. The van der Waals surface area contributed by atoms with Crippen molar-refractivity contribution in [1.29, 1.82) is 0 Å². The minimum Gasteiger partial charge on any atom is -0.382 e. The van der Waals surface area contributed by atoms with Gasteiger partial charge in [0, 0.05) is 25.3 Å². The number of fused-ring (bicyclic) bond motifs is 1. The first-order valence-electron chi connectivity index (χ1n) is 8.90. The van der Waals surface area contributed by atoms with E-state index in [4.69, 9.17) is 5.73 Å². The number of likely N-dealkylation sites (tertiary alicyclic amines) is 1. The number of amides is 2. The third-order valence-corrected chi connectivity index (χ3v) is 4.40. The van der Waals surface area contributed by atoms with Crippen molar-refractivity contribution in [1.82, 2.24) is 25.2 Å². The highest BCUT2D eigenvalue weighted by molar-refractivity contribution is 6.04. The van der Waals surface area contributed by atoms with Gasteiger partial charge in [-0.25, -0.2) is 9.97 Å². The number of anilines is 1. The fourth-order valence-corrected chi connectivity index (χ4v) is 2.81. The fourth-order valence-electron chi connectivity index (χ4n) is 2.81. The first-order valence-corrected chi connectivity index (χ1v) is 8.90. The van der Waals surface area contributed by atoms with E-state index in [0.29, 0.717) is 28.6 Å². The molecule has 1 saturated heterocycles. The largest absolute Gasteiger partial charge is 0.382 e. The number of H-pyrrole nitrogens is 1. The molecule has 2 aromatic heterocycles. The van der Waals surface area contributed by atoms with Crippen LogP contribution in [0.3, 0.4) is 0 Å². The lowest BCUT2D eigenvalue weighted by Gasteiger charge is -2.25. The molecule has 0 unspecified atom stereocenters. The second-order valence-corrected chi connectivity index (χ2v) is 6.53. The monoisotopic (exact) mass is 356 g/mol. The zero-order chi connectivity index (χ0) is 18.5. The Morgan fingerprint density at radius 3 is 2.69 bits per heavy atom. The highest BCUT2D eigenvalue weighted by Gasteiger charge is 2.25. The van der Waals surface area contributed by atoms with Crippen LogP contribution in [0.2, 0.25) is 0 Å². The number of aromatic amines is 1. The third-order valence-electron chi connectivity index (χ3n) is 4.40. The van der Waals surface area contributed by atoms with Crippen molar-refractivity contribution in [2.75, 3.05) is 18.8 Å². The van der Waals surface area contributed by atoms with E-state index in [1.165, 1.54) is 18.7 Å². The van der Waals surface area contributed by atoms with Gasteiger partial charge in [-0.05, 0) is 38.2 Å². The van der Waals surface area contributed by atoms with Gasteiger partial charge in [-0.2, -0.15) is 0 Å². The minimum absolute atomic E-state index is 0.0831. The lowest BCUT2D eigenvalue weighted by molar-refractivity contribution is -0.126. The van der Waals surface area contributed by atoms with E-state index in [-0.39, 0.29) is 11.8 Å². The Morgan fingerprint density at radius 2 is 2.04 bits per heavy atom. The molecular weight excluding hydrogens is 332 g/mol. The summed E-state index contributed by atoms with van der Waals surface area (Å²) >= 11 is 0. The maximum Gasteiger partial charge on any atom is 0.255 e. The Morgan fingerprint density at radius 1 is 1.31 bits per heavy atom. The Labute approximate surface area is 151 Å². The van der Waals surface area contributed by atoms with Gasteiger partial charge in [-0.15, -0.1) is 0 Å². The van der Waals surface area contributed by atoms with Gasteiger partial charge in [-0.3, -0.25) is 9.59 Å². The lowest BCUT2D eigenvalue weighted by atomic mass is 10.1. The molecule has 1 saturated carbocycles. The van der Waals surface area contributed by atoms with Crippen molar-refractivity contribution in [3.05, 3.63) is 30.6 Å². The van der Waals surface area contributed by atoms with Crippen molar-refractivity contribution in [2.24, 2.45) is 0 Å². The number of nitrogen functional groups attached to an aromatic ring is 1. The van der Waals surface area contributed by atoms with Gasteiger partial charge in [0.25, 0.3) is 5.91 Å². The van der Waals surface area contributed by atoms with E-state index in [2.05, 4.69) is 26.8 Å². The van der Waals surface area contributed by atoms with E-state index in [1.54, 1.807) is 6.20 Å². The lowest BCUT2D eigenvalue weighted by Crippen LogP contribution is -2.34. The highest BCUT2D eigenvalue weighted by Crippen LogP contribution is 2.21. The van der Waals surface area contributed by atoms with Crippen LogP contribution in [0.5, 0.6) is 0 Å². The predicted octanol–water partition coefficient (Wildman–Crippen LogP) is 1.62. The van der Waals surface area contributed by atoms with Crippen molar-refractivity contribution >= 4 is 28.8 Å². The summed E-state index contributed by atoms with van der Waals surface area (Å²) in [5.41, 5.74) is 7.15. The number of carbonyl (C=O) groups is 2. The number of rotatable bonds is 3. The fraction of sp³-hybridized carbons (Fsp3) is 0.444. The van der Waals surface area contributed by atoms with Crippen LogP contribution in [0.4, 0.5) is 5.82 Å². The Bertz CT molecular complexity index is 805. The SMILES string of the molecule is C=CC(=O)N1CCCCC1.Nc1cnc2[nH]cc(C(=O)NC3CC3)c2n1. The molecule has 8 heteroatoms. The summed E-state index contributed by atoms with van der Waals surface area (Å²) in [5.74, 6) is 0.279. The second-order valence-electron chi connectivity index (χ2n) is 6.53. The minimum atomic E-state index is -0.117. The summed E-state index contributed by atoms with van der Waals surface area (Å²) in [6.45, 7) is 5.29. The summed E-state index contributed by atoms with van der Waals surface area (Å²) in [7, 11) is 0. The van der Waals surface area contributed by atoms with Crippen LogP contribution < -0.4 is 11.1 Å². The van der Waals surface area contributed by atoms with Crippen molar-refractivity contribution < 1.29 is 9.59 Å². The highest BCUT2D eigenvalue weighted by atomic mass is 16.2. The Kier molecular flexibility index (Phi) is 5.50. The number of piperidine rings is 1. The molecule has 0 spiro atoms. The topological polar surface area (TPSA) is 117 Å². The second kappa shape index (κ2) is 7.99. The van der Waals surface area contributed by atoms with Crippen molar-refractivity contribution in [3.63, 3.8) is 0 Å². The Balaban J connectivity index is 0.000000170. The van der Waals surface area contributed by atoms with E-state index < -0.39 is 0 Å². The molecule has 2 fully saturated rings. The predicted molar refractivity (Wildman–Crippen MR) is 99.4 cm³/mol. The number of carbonyl (C=O) groups excluding carboxylic acids is 2. The van der Waals surface area contributed by atoms with Gasteiger partial charge in [0.05, 0.1) is 11.8 Å². The van der Waals surface area contributed by atoms with Crippen LogP contribution in [0.1, 0.15) is 42.5 Å². The molecule has 1 aliphatic carbocycles.